The van der Waals surface area contributed by atoms with Gasteiger partial charge in [-0.25, -0.2) is 0 Å². The molecule has 1 amide bonds. The monoisotopic (exact) mass is 426 g/mol. The summed E-state index contributed by atoms with van der Waals surface area (Å²) >= 11 is 0. The number of amides is 1. The van der Waals surface area contributed by atoms with Gasteiger partial charge in [0.25, 0.3) is 11.6 Å². The van der Waals surface area contributed by atoms with Crippen molar-refractivity contribution < 1.29 is 14.5 Å². The van der Waals surface area contributed by atoms with Gasteiger partial charge in [-0.1, -0.05) is 26.0 Å². The predicted molar refractivity (Wildman–Crippen MR) is 121 cm³/mol. The number of hydrogen-bond acceptors (Lipinski definition) is 6. The highest BCUT2D eigenvalue weighted by Gasteiger charge is 2.26. The number of hydrogen-bond donors (Lipinski definition) is 2. The molecule has 3 rings (SSSR count). The number of carbonyl (C=O) groups is 1. The Morgan fingerprint density at radius 3 is 2.58 bits per heavy atom. The second-order valence-corrected chi connectivity index (χ2v) is 7.63. The Morgan fingerprint density at radius 1 is 1.23 bits per heavy atom. The zero-order valence-electron chi connectivity index (χ0n) is 18.3. The highest BCUT2D eigenvalue weighted by Crippen LogP contribution is 2.31. The lowest BCUT2D eigenvalue weighted by atomic mass is 10.0. The van der Waals surface area contributed by atoms with E-state index in [2.05, 4.69) is 29.4 Å². The van der Waals surface area contributed by atoms with Crippen LogP contribution in [0.2, 0.25) is 0 Å². The van der Waals surface area contributed by atoms with Crippen LogP contribution in [-0.2, 0) is 0 Å². The summed E-state index contributed by atoms with van der Waals surface area (Å²) in [6.07, 6.45) is 2.02. The zero-order chi connectivity index (χ0) is 22.4. The molecule has 0 heterocycles. The maximum Gasteiger partial charge on any atom is 0.293 e. The van der Waals surface area contributed by atoms with Crippen LogP contribution in [0.25, 0.3) is 0 Å². The highest BCUT2D eigenvalue weighted by molar-refractivity contribution is 5.95. The van der Waals surface area contributed by atoms with Gasteiger partial charge in [-0.2, -0.15) is 0 Å². The quantitative estimate of drug-likeness (QED) is 0.417. The maximum absolute atomic E-state index is 12.8. The Bertz CT molecular complexity index is 926. The topological polar surface area (TPSA) is 96.7 Å². The third-order valence-electron chi connectivity index (χ3n) is 5.58. The fraction of sp³-hybridized carbons (Fsp3) is 0.435. The van der Waals surface area contributed by atoms with Crippen LogP contribution in [0.15, 0.2) is 42.5 Å². The molecule has 1 aliphatic carbocycles. The first-order valence-corrected chi connectivity index (χ1v) is 10.7. The van der Waals surface area contributed by atoms with Crippen LogP contribution < -0.4 is 15.4 Å². The van der Waals surface area contributed by atoms with E-state index in [1.807, 2.05) is 24.3 Å². The molecule has 0 aromatic heterocycles. The van der Waals surface area contributed by atoms with Gasteiger partial charge in [-0.3, -0.25) is 19.8 Å². The zero-order valence-corrected chi connectivity index (χ0v) is 18.3. The van der Waals surface area contributed by atoms with Crippen molar-refractivity contribution in [3.8, 4) is 5.75 Å². The van der Waals surface area contributed by atoms with Crippen LogP contribution in [0, 0.1) is 10.1 Å². The van der Waals surface area contributed by atoms with Crippen LogP contribution in [0.4, 0.5) is 11.4 Å². The second kappa shape index (κ2) is 10.3. The van der Waals surface area contributed by atoms with Gasteiger partial charge in [0.15, 0.2) is 0 Å². The van der Waals surface area contributed by atoms with Crippen molar-refractivity contribution in [3.63, 3.8) is 0 Å². The van der Waals surface area contributed by atoms with Crippen LogP contribution >= 0.6 is 0 Å². The van der Waals surface area contributed by atoms with Crippen molar-refractivity contribution in [1.29, 1.82) is 0 Å². The lowest BCUT2D eigenvalue weighted by molar-refractivity contribution is -0.384. The molecule has 0 spiro atoms. The van der Waals surface area contributed by atoms with E-state index < -0.39 is 4.92 Å². The summed E-state index contributed by atoms with van der Waals surface area (Å²) in [5, 5.41) is 17.6. The van der Waals surface area contributed by atoms with Gasteiger partial charge < -0.3 is 15.4 Å². The van der Waals surface area contributed by atoms with Gasteiger partial charge in [-0.15, -0.1) is 0 Å². The maximum atomic E-state index is 12.8. The van der Waals surface area contributed by atoms with Crippen molar-refractivity contribution in [2.75, 3.05) is 32.1 Å². The van der Waals surface area contributed by atoms with E-state index in [0.29, 0.717) is 12.2 Å². The van der Waals surface area contributed by atoms with Gasteiger partial charge in [0.2, 0.25) is 0 Å². The molecule has 0 saturated heterocycles. The van der Waals surface area contributed by atoms with E-state index in [0.717, 1.165) is 37.2 Å². The standard InChI is InChI=1S/C23H30N4O4/c1-4-26(5-2)22(16-7-6-8-19(13-16)31-3)15-24-23(28)17-9-12-20(25-18-10-11-18)21(14-17)27(29)30/h6-9,12-14,18,22,25H,4-5,10-11,15H2,1-3H3,(H,24,28). The fourth-order valence-electron chi connectivity index (χ4n) is 3.66. The number of methoxy groups -OCH3 is 1. The molecular formula is C23H30N4O4. The smallest absolute Gasteiger partial charge is 0.293 e. The molecule has 1 unspecified atom stereocenters. The number of nitro groups is 1. The summed E-state index contributed by atoms with van der Waals surface area (Å²) in [4.78, 5) is 26.1. The van der Waals surface area contributed by atoms with Crippen LogP contribution in [0.5, 0.6) is 5.75 Å². The molecule has 1 saturated carbocycles. The average molecular weight is 427 g/mol. The van der Waals surface area contributed by atoms with Crippen LogP contribution in [0.1, 0.15) is 48.7 Å². The van der Waals surface area contributed by atoms with Gasteiger partial charge in [-0.05, 0) is 55.8 Å². The highest BCUT2D eigenvalue weighted by atomic mass is 16.6. The number of likely N-dealkylation sites (N-methyl/N-ethyl adjacent to an activating group) is 1. The molecule has 0 bridgehead atoms. The minimum Gasteiger partial charge on any atom is -0.497 e. The first-order valence-electron chi connectivity index (χ1n) is 10.7. The lowest BCUT2D eigenvalue weighted by Gasteiger charge is -2.30. The molecule has 0 aliphatic heterocycles. The molecule has 2 N–H and O–H groups in total. The van der Waals surface area contributed by atoms with Crippen molar-refractivity contribution in [2.24, 2.45) is 0 Å². The van der Waals surface area contributed by atoms with Crippen molar-refractivity contribution in [3.05, 3.63) is 63.7 Å². The molecule has 0 radical (unpaired) electrons. The van der Waals surface area contributed by atoms with Gasteiger partial charge >= 0.3 is 0 Å². The second-order valence-electron chi connectivity index (χ2n) is 7.63. The molecule has 1 aliphatic rings. The molecule has 1 fully saturated rings. The lowest BCUT2D eigenvalue weighted by Crippen LogP contribution is -2.38. The molecule has 166 valence electrons. The van der Waals surface area contributed by atoms with E-state index >= 15 is 0 Å². The Morgan fingerprint density at radius 2 is 1.97 bits per heavy atom. The molecule has 2 aromatic carbocycles. The van der Waals surface area contributed by atoms with E-state index in [9.17, 15) is 14.9 Å². The first-order chi connectivity index (χ1) is 15.0. The summed E-state index contributed by atoms with van der Waals surface area (Å²) in [5.74, 6) is 0.427. The third kappa shape index (κ3) is 5.73. The molecule has 8 heteroatoms. The van der Waals surface area contributed by atoms with Crippen molar-refractivity contribution >= 4 is 17.3 Å². The number of nitrogens with zero attached hydrogens (tertiary/aromatic N) is 2. The minimum atomic E-state index is -0.448. The van der Waals surface area contributed by atoms with E-state index in [1.54, 1.807) is 19.2 Å². The van der Waals surface area contributed by atoms with Gasteiger partial charge in [0, 0.05) is 24.2 Å². The van der Waals surface area contributed by atoms with E-state index in [1.165, 1.54) is 6.07 Å². The number of benzene rings is 2. The summed E-state index contributed by atoms with van der Waals surface area (Å²) in [5.41, 5.74) is 1.70. The first kappa shape index (κ1) is 22.6. The normalized spacial score (nSPS) is 14.2. The Balaban J connectivity index is 1.76. The fourth-order valence-corrected chi connectivity index (χ4v) is 3.66. The SMILES string of the molecule is CCN(CC)C(CNC(=O)c1ccc(NC2CC2)c([N+](=O)[O-])c1)c1cccc(OC)c1. The Hall–Kier alpha value is -3.13. The number of nitro benzene ring substituents is 1. The number of ether oxygens (including phenoxy) is 1. The van der Waals surface area contributed by atoms with Crippen LogP contribution in [-0.4, -0.2) is 48.5 Å². The van der Waals surface area contributed by atoms with Gasteiger partial charge in [0.05, 0.1) is 18.1 Å². The third-order valence-corrected chi connectivity index (χ3v) is 5.58. The number of carbonyl (C=O) groups excluding carboxylic acids is 1. The number of rotatable bonds is 11. The molecule has 1 atom stereocenters. The molecular weight excluding hydrogens is 396 g/mol. The largest absolute Gasteiger partial charge is 0.497 e. The summed E-state index contributed by atoms with van der Waals surface area (Å²) in [6, 6.07) is 12.6. The number of nitrogens with one attached hydrogen (secondary N) is 2. The minimum absolute atomic E-state index is 0.0418. The Kier molecular flexibility index (Phi) is 7.46. The summed E-state index contributed by atoms with van der Waals surface area (Å²) < 4.78 is 5.35. The number of anilines is 1. The molecule has 8 nitrogen and oxygen atoms in total. The average Bonchev–Trinajstić information content (AvgIpc) is 3.60. The van der Waals surface area contributed by atoms with Crippen LogP contribution in [0.3, 0.4) is 0 Å². The van der Waals surface area contributed by atoms with E-state index in [-0.39, 0.29) is 29.2 Å². The van der Waals surface area contributed by atoms with Crippen molar-refractivity contribution in [2.45, 2.75) is 38.8 Å². The predicted octanol–water partition coefficient (Wildman–Crippen LogP) is 3.99. The van der Waals surface area contributed by atoms with E-state index in [4.69, 9.17) is 4.74 Å². The summed E-state index contributed by atoms with van der Waals surface area (Å²) in [7, 11) is 1.63. The molecule has 2 aromatic rings. The summed E-state index contributed by atoms with van der Waals surface area (Å²) in [6.45, 7) is 6.17. The Labute approximate surface area is 182 Å². The molecule has 31 heavy (non-hydrogen) atoms. The van der Waals surface area contributed by atoms with Gasteiger partial charge in [0.1, 0.15) is 11.4 Å². The van der Waals surface area contributed by atoms with Crippen molar-refractivity contribution in [1.82, 2.24) is 10.2 Å².